The SMILES string of the molecule is O=C(c1cccs1)C1[C@H]2CNC[C@@H]12. The van der Waals surface area contributed by atoms with Crippen LogP contribution in [0.25, 0.3) is 0 Å². The summed E-state index contributed by atoms with van der Waals surface area (Å²) >= 11 is 1.57. The lowest BCUT2D eigenvalue weighted by molar-refractivity contribution is 0.0957. The van der Waals surface area contributed by atoms with Gasteiger partial charge in [-0.15, -0.1) is 11.3 Å². The molecule has 13 heavy (non-hydrogen) atoms. The van der Waals surface area contributed by atoms with Crippen molar-refractivity contribution in [1.82, 2.24) is 5.32 Å². The summed E-state index contributed by atoms with van der Waals surface area (Å²) in [7, 11) is 0. The predicted octanol–water partition coefficient (Wildman–Crippen LogP) is 1.40. The molecule has 0 radical (unpaired) electrons. The minimum atomic E-state index is 0.347. The van der Waals surface area contributed by atoms with Crippen molar-refractivity contribution in [2.75, 3.05) is 13.1 Å². The Kier molecular flexibility index (Phi) is 1.58. The lowest BCUT2D eigenvalue weighted by Gasteiger charge is -2.00. The van der Waals surface area contributed by atoms with Crippen molar-refractivity contribution in [3.8, 4) is 0 Å². The maximum absolute atomic E-state index is 11.9. The van der Waals surface area contributed by atoms with Gasteiger partial charge in [-0.3, -0.25) is 4.79 Å². The molecular formula is C10H11NOS. The Morgan fingerprint density at radius 3 is 2.85 bits per heavy atom. The summed E-state index contributed by atoms with van der Waals surface area (Å²) in [5.41, 5.74) is 0. The van der Waals surface area contributed by atoms with Crippen LogP contribution < -0.4 is 5.32 Å². The van der Waals surface area contributed by atoms with Gasteiger partial charge in [-0.05, 0) is 36.4 Å². The molecule has 0 bridgehead atoms. The molecule has 1 aliphatic heterocycles. The van der Waals surface area contributed by atoms with E-state index in [2.05, 4.69) is 5.32 Å². The normalized spacial score (nSPS) is 35.8. The van der Waals surface area contributed by atoms with Crippen LogP contribution in [0.4, 0.5) is 0 Å². The van der Waals surface area contributed by atoms with Gasteiger partial charge in [0, 0.05) is 5.92 Å². The van der Waals surface area contributed by atoms with Crippen LogP contribution in [0.2, 0.25) is 0 Å². The van der Waals surface area contributed by atoms with Crippen LogP contribution >= 0.6 is 11.3 Å². The topological polar surface area (TPSA) is 29.1 Å². The number of fused-ring (bicyclic) bond motifs is 1. The van der Waals surface area contributed by atoms with Crippen molar-refractivity contribution < 1.29 is 4.79 Å². The molecule has 2 fully saturated rings. The summed E-state index contributed by atoms with van der Waals surface area (Å²) in [5, 5.41) is 5.28. The van der Waals surface area contributed by atoms with Crippen LogP contribution in [0.1, 0.15) is 9.67 Å². The first-order chi connectivity index (χ1) is 6.38. The molecule has 1 unspecified atom stereocenters. The van der Waals surface area contributed by atoms with E-state index in [1.54, 1.807) is 11.3 Å². The van der Waals surface area contributed by atoms with Crippen molar-refractivity contribution in [2.24, 2.45) is 17.8 Å². The fraction of sp³-hybridized carbons (Fsp3) is 0.500. The molecule has 0 aromatic carbocycles. The lowest BCUT2D eigenvalue weighted by Crippen LogP contribution is -2.18. The maximum Gasteiger partial charge on any atom is 0.176 e. The second-order valence-corrected chi connectivity index (χ2v) is 4.80. The minimum Gasteiger partial charge on any atom is -0.316 e. The molecular weight excluding hydrogens is 182 g/mol. The van der Waals surface area contributed by atoms with Crippen LogP contribution in [0.3, 0.4) is 0 Å². The minimum absolute atomic E-state index is 0.347. The number of carbonyl (C=O) groups is 1. The Morgan fingerprint density at radius 1 is 1.46 bits per heavy atom. The average molecular weight is 193 g/mol. The Morgan fingerprint density at radius 2 is 2.23 bits per heavy atom. The molecule has 3 heteroatoms. The Balaban J connectivity index is 1.78. The second-order valence-electron chi connectivity index (χ2n) is 3.85. The molecule has 1 saturated carbocycles. The Bertz CT molecular complexity index is 323. The highest BCUT2D eigenvalue weighted by atomic mass is 32.1. The van der Waals surface area contributed by atoms with Gasteiger partial charge in [0.25, 0.3) is 0 Å². The molecule has 1 N–H and O–H groups in total. The first-order valence-corrected chi connectivity index (χ1v) is 5.54. The Labute approximate surface area is 81.0 Å². The lowest BCUT2D eigenvalue weighted by atomic mass is 10.1. The van der Waals surface area contributed by atoms with Crippen molar-refractivity contribution in [1.29, 1.82) is 0 Å². The monoisotopic (exact) mass is 193 g/mol. The number of hydrogen-bond acceptors (Lipinski definition) is 3. The number of Topliss-reactive ketones (excluding diaryl/α,β-unsaturated/α-hetero) is 1. The smallest absolute Gasteiger partial charge is 0.176 e. The van der Waals surface area contributed by atoms with E-state index in [0.717, 1.165) is 18.0 Å². The third-order valence-electron chi connectivity index (χ3n) is 3.16. The number of rotatable bonds is 2. The van der Waals surface area contributed by atoms with E-state index in [1.807, 2.05) is 17.5 Å². The van der Waals surface area contributed by atoms with Gasteiger partial charge in [0.1, 0.15) is 0 Å². The number of piperidine rings is 1. The number of nitrogens with one attached hydrogen (secondary N) is 1. The standard InChI is InChI=1S/C10H11NOS/c12-10(8-2-1-3-13-8)9-6-4-11-5-7(6)9/h1-3,6-7,9,11H,4-5H2/t6-,7+,9?. The Hall–Kier alpha value is -0.670. The molecule has 3 rings (SSSR count). The number of thiophene rings is 1. The van der Waals surface area contributed by atoms with Gasteiger partial charge in [-0.1, -0.05) is 6.07 Å². The van der Waals surface area contributed by atoms with E-state index in [1.165, 1.54) is 0 Å². The second kappa shape index (κ2) is 2.66. The molecule has 1 saturated heterocycles. The summed E-state index contributed by atoms with van der Waals surface area (Å²) in [6.07, 6.45) is 0. The highest BCUT2D eigenvalue weighted by Crippen LogP contribution is 2.50. The fourth-order valence-corrected chi connectivity index (χ4v) is 3.10. The molecule has 0 amide bonds. The summed E-state index contributed by atoms with van der Waals surface area (Å²) in [6, 6.07) is 3.89. The van der Waals surface area contributed by atoms with E-state index in [-0.39, 0.29) is 0 Å². The van der Waals surface area contributed by atoms with Gasteiger partial charge in [-0.2, -0.15) is 0 Å². The van der Waals surface area contributed by atoms with Gasteiger partial charge in [0.15, 0.2) is 5.78 Å². The zero-order valence-corrected chi connectivity index (χ0v) is 8.01. The zero-order valence-electron chi connectivity index (χ0n) is 7.19. The van der Waals surface area contributed by atoms with Crippen LogP contribution in [0.5, 0.6) is 0 Å². The third kappa shape index (κ3) is 1.07. The molecule has 1 aromatic rings. The van der Waals surface area contributed by atoms with E-state index < -0.39 is 0 Å². The van der Waals surface area contributed by atoms with Crippen LogP contribution in [-0.2, 0) is 0 Å². The van der Waals surface area contributed by atoms with E-state index in [9.17, 15) is 4.79 Å². The summed E-state index contributed by atoms with van der Waals surface area (Å²) in [4.78, 5) is 12.8. The van der Waals surface area contributed by atoms with Crippen LogP contribution in [0, 0.1) is 17.8 Å². The maximum atomic E-state index is 11.9. The molecule has 2 heterocycles. The summed E-state index contributed by atoms with van der Waals surface area (Å²) in [6.45, 7) is 2.10. The van der Waals surface area contributed by atoms with Crippen LogP contribution in [0.15, 0.2) is 17.5 Å². The predicted molar refractivity (Wildman–Crippen MR) is 52.0 cm³/mol. The average Bonchev–Trinajstić information content (AvgIpc) is 2.68. The first kappa shape index (κ1) is 7.71. The van der Waals surface area contributed by atoms with Crippen LogP contribution in [-0.4, -0.2) is 18.9 Å². The van der Waals surface area contributed by atoms with Gasteiger partial charge >= 0.3 is 0 Å². The van der Waals surface area contributed by atoms with E-state index >= 15 is 0 Å². The highest BCUT2D eigenvalue weighted by Gasteiger charge is 2.56. The van der Waals surface area contributed by atoms with E-state index in [0.29, 0.717) is 23.5 Å². The molecule has 1 aliphatic carbocycles. The van der Waals surface area contributed by atoms with Crippen molar-refractivity contribution in [3.05, 3.63) is 22.4 Å². The number of ketones is 1. The quantitative estimate of drug-likeness (QED) is 0.719. The van der Waals surface area contributed by atoms with Crippen molar-refractivity contribution in [2.45, 2.75) is 0 Å². The summed E-state index contributed by atoms with van der Waals surface area (Å²) in [5.74, 6) is 2.02. The highest BCUT2D eigenvalue weighted by molar-refractivity contribution is 7.12. The number of hydrogen-bond donors (Lipinski definition) is 1. The third-order valence-corrected chi connectivity index (χ3v) is 4.04. The zero-order chi connectivity index (χ0) is 8.84. The molecule has 1 aromatic heterocycles. The van der Waals surface area contributed by atoms with E-state index in [4.69, 9.17) is 0 Å². The first-order valence-electron chi connectivity index (χ1n) is 4.66. The molecule has 3 atom stereocenters. The molecule has 68 valence electrons. The molecule has 2 nitrogen and oxygen atoms in total. The van der Waals surface area contributed by atoms with Gasteiger partial charge in [-0.25, -0.2) is 0 Å². The number of carbonyl (C=O) groups excluding carboxylic acids is 1. The fourth-order valence-electron chi connectivity index (χ4n) is 2.39. The van der Waals surface area contributed by atoms with Crippen molar-refractivity contribution >= 4 is 17.1 Å². The molecule has 0 spiro atoms. The largest absolute Gasteiger partial charge is 0.316 e. The summed E-state index contributed by atoms with van der Waals surface area (Å²) < 4.78 is 0. The van der Waals surface area contributed by atoms with Crippen molar-refractivity contribution in [3.63, 3.8) is 0 Å². The van der Waals surface area contributed by atoms with Gasteiger partial charge in [0.05, 0.1) is 4.88 Å². The van der Waals surface area contributed by atoms with Gasteiger partial charge in [0.2, 0.25) is 0 Å². The molecule has 2 aliphatic rings. The van der Waals surface area contributed by atoms with Gasteiger partial charge < -0.3 is 5.32 Å².